The molecule has 0 saturated carbocycles. The average Bonchev–Trinajstić information content (AvgIpc) is 3.93. The van der Waals surface area contributed by atoms with Crippen molar-refractivity contribution in [3.63, 3.8) is 0 Å². The van der Waals surface area contributed by atoms with Crippen molar-refractivity contribution in [3.05, 3.63) is 170 Å². The number of oxazole rings is 1. The highest BCUT2D eigenvalue weighted by Crippen LogP contribution is 2.45. The lowest BCUT2D eigenvalue weighted by atomic mass is 9.99. The molecule has 3 aromatic heterocycles. The zero-order valence-corrected chi connectivity index (χ0v) is 28.4. The summed E-state index contributed by atoms with van der Waals surface area (Å²) in [5.74, 6) is 0.612. The van der Waals surface area contributed by atoms with Crippen molar-refractivity contribution in [1.82, 2.24) is 9.55 Å². The second-order valence-corrected chi connectivity index (χ2v) is 13.9. The first kappa shape index (κ1) is 28.5. The van der Waals surface area contributed by atoms with Gasteiger partial charge in [-0.05, 0) is 86.4 Å². The molecule has 4 heteroatoms. The molecular formula is C49H28N2O2. The van der Waals surface area contributed by atoms with E-state index in [0.717, 1.165) is 66.4 Å². The highest BCUT2D eigenvalue weighted by atomic mass is 16.3. The minimum atomic E-state index is 0.612. The molecule has 0 saturated heterocycles. The Labute approximate surface area is 302 Å². The number of hydrogen-bond acceptors (Lipinski definition) is 3. The fourth-order valence-electron chi connectivity index (χ4n) is 8.63. The van der Waals surface area contributed by atoms with Crippen LogP contribution in [0.4, 0.5) is 0 Å². The van der Waals surface area contributed by atoms with Crippen molar-refractivity contribution in [1.29, 1.82) is 0 Å². The van der Waals surface area contributed by atoms with Gasteiger partial charge in [-0.1, -0.05) is 121 Å². The van der Waals surface area contributed by atoms with Crippen LogP contribution in [0.15, 0.2) is 179 Å². The van der Waals surface area contributed by atoms with Crippen molar-refractivity contribution in [2.45, 2.75) is 0 Å². The number of rotatable bonds is 3. The van der Waals surface area contributed by atoms with Gasteiger partial charge in [-0.25, -0.2) is 4.98 Å². The van der Waals surface area contributed by atoms with Gasteiger partial charge in [-0.2, -0.15) is 0 Å². The van der Waals surface area contributed by atoms with Gasteiger partial charge in [0, 0.05) is 32.7 Å². The molecule has 0 bridgehead atoms. The number of hydrogen-bond donors (Lipinski definition) is 0. The maximum Gasteiger partial charge on any atom is 0.227 e. The maximum atomic E-state index is 7.07. The molecule has 0 N–H and O–H groups in total. The van der Waals surface area contributed by atoms with Crippen LogP contribution in [-0.2, 0) is 0 Å². The summed E-state index contributed by atoms with van der Waals surface area (Å²) in [5.41, 5.74) is 9.54. The predicted molar refractivity (Wildman–Crippen MR) is 219 cm³/mol. The van der Waals surface area contributed by atoms with Gasteiger partial charge in [0.15, 0.2) is 11.2 Å². The smallest absolute Gasteiger partial charge is 0.227 e. The van der Waals surface area contributed by atoms with Gasteiger partial charge in [-0.3, -0.25) is 0 Å². The molecule has 12 aromatic rings. The summed E-state index contributed by atoms with van der Waals surface area (Å²) < 4.78 is 15.9. The number of furan rings is 1. The van der Waals surface area contributed by atoms with Crippen LogP contribution in [0, 0.1) is 0 Å². The van der Waals surface area contributed by atoms with Crippen molar-refractivity contribution >= 4 is 87.2 Å². The van der Waals surface area contributed by atoms with Crippen LogP contribution in [-0.4, -0.2) is 9.55 Å². The summed E-state index contributed by atoms with van der Waals surface area (Å²) in [4.78, 5) is 4.84. The van der Waals surface area contributed by atoms with E-state index in [1.807, 2.05) is 42.5 Å². The summed E-state index contributed by atoms with van der Waals surface area (Å²) >= 11 is 0. The zero-order valence-electron chi connectivity index (χ0n) is 28.4. The van der Waals surface area contributed by atoms with Crippen molar-refractivity contribution in [2.24, 2.45) is 0 Å². The Morgan fingerprint density at radius 2 is 1.06 bits per heavy atom. The van der Waals surface area contributed by atoms with Crippen LogP contribution in [0.5, 0.6) is 0 Å². The first-order chi connectivity index (χ1) is 26.3. The molecule has 4 nitrogen and oxygen atoms in total. The zero-order chi connectivity index (χ0) is 34.6. The Bertz CT molecular complexity index is 3360. The number of para-hydroxylation sites is 1. The van der Waals surface area contributed by atoms with Crippen LogP contribution in [0.2, 0.25) is 0 Å². The standard InChI is InChI=1S/C49H28N2O2/c1-2-13-31(14-3-1)49-50-39-20-10-19-37(47(39)53-49)33-21-24-38-43(28-33)52-48-42(27-32-15-6-9-18-36(32)44(38)48)51-40-25-22-29-11-4-7-16-34(29)45(40)46-35-17-8-5-12-30(35)23-26-41(46)51/h1-28H. The third kappa shape index (κ3) is 4.03. The molecule has 0 unspecified atom stereocenters. The summed E-state index contributed by atoms with van der Waals surface area (Å²) in [6.07, 6.45) is 0. The minimum Gasteiger partial charge on any atom is -0.454 e. The van der Waals surface area contributed by atoms with Crippen LogP contribution in [0.1, 0.15) is 0 Å². The van der Waals surface area contributed by atoms with Gasteiger partial charge in [-0.15, -0.1) is 0 Å². The van der Waals surface area contributed by atoms with Gasteiger partial charge in [0.25, 0.3) is 0 Å². The monoisotopic (exact) mass is 676 g/mol. The van der Waals surface area contributed by atoms with Gasteiger partial charge < -0.3 is 13.4 Å². The Morgan fingerprint density at radius 1 is 0.415 bits per heavy atom. The molecule has 0 atom stereocenters. The van der Waals surface area contributed by atoms with E-state index in [1.165, 1.54) is 43.1 Å². The molecule has 0 amide bonds. The molecule has 12 rings (SSSR count). The lowest BCUT2D eigenvalue weighted by Crippen LogP contribution is -1.95. The first-order valence-electron chi connectivity index (χ1n) is 18.0. The Kier molecular flexibility index (Phi) is 5.74. The third-order valence-electron chi connectivity index (χ3n) is 11.0. The van der Waals surface area contributed by atoms with Crippen LogP contribution >= 0.6 is 0 Å². The van der Waals surface area contributed by atoms with Gasteiger partial charge in [0.05, 0.1) is 16.7 Å². The lowest BCUT2D eigenvalue weighted by molar-refractivity contribution is 0.621. The van der Waals surface area contributed by atoms with E-state index < -0.39 is 0 Å². The lowest BCUT2D eigenvalue weighted by Gasteiger charge is -2.11. The second-order valence-electron chi connectivity index (χ2n) is 13.9. The molecule has 0 aliphatic heterocycles. The fraction of sp³-hybridized carbons (Fsp3) is 0. The van der Waals surface area contributed by atoms with Crippen molar-refractivity contribution in [3.8, 4) is 28.3 Å². The van der Waals surface area contributed by atoms with E-state index in [4.69, 9.17) is 13.8 Å². The summed E-state index contributed by atoms with van der Waals surface area (Å²) in [6.45, 7) is 0. The average molecular weight is 677 g/mol. The summed E-state index contributed by atoms with van der Waals surface area (Å²) in [6, 6.07) is 60.1. The van der Waals surface area contributed by atoms with E-state index in [1.54, 1.807) is 0 Å². The van der Waals surface area contributed by atoms with Crippen LogP contribution in [0.25, 0.3) is 115 Å². The molecule has 53 heavy (non-hydrogen) atoms. The van der Waals surface area contributed by atoms with Crippen molar-refractivity contribution < 1.29 is 8.83 Å². The summed E-state index contributed by atoms with van der Waals surface area (Å²) in [7, 11) is 0. The van der Waals surface area contributed by atoms with Crippen LogP contribution < -0.4 is 0 Å². The van der Waals surface area contributed by atoms with Gasteiger partial charge in [0.2, 0.25) is 5.89 Å². The minimum absolute atomic E-state index is 0.612. The molecule has 9 aromatic carbocycles. The van der Waals surface area contributed by atoms with Gasteiger partial charge >= 0.3 is 0 Å². The molecule has 0 spiro atoms. The quantitative estimate of drug-likeness (QED) is 0.187. The predicted octanol–water partition coefficient (Wildman–Crippen LogP) is 13.6. The molecule has 0 aliphatic carbocycles. The first-order valence-corrected chi connectivity index (χ1v) is 18.0. The maximum absolute atomic E-state index is 7.07. The molecule has 246 valence electrons. The highest BCUT2D eigenvalue weighted by Gasteiger charge is 2.23. The fourth-order valence-corrected chi connectivity index (χ4v) is 8.63. The molecule has 3 heterocycles. The molecular weight excluding hydrogens is 649 g/mol. The van der Waals surface area contributed by atoms with E-state index in [-0.39, 0.29) is 0 Å². The second kappa shape index (κ2) is 10.7. The highest BCUT2D eigenvalue weighted by molar-refractivity contribution is 6.29. The Balaban J connectivity index is 1.16. The largest absolute Gasteiger partial charge is 0.454 e. The Hall–Kier alpha value is -7.17. The van der Waals surface area contributed by atoms with E-state index in [2.05, 4.69) is 132 Å². The third-order valence-corrected chi connectivity index (χ3v) is 11.0. The number of benzene rings is 9. The van der Waals surface area contributed by atoms with Gasteiger partial charge in [0.1, 0.15) is 11.1 Å². The van der Waals surface area contributed by atoms with E-state index in [9.17, 15) is 0 Å². The van der Waals surface area contributed by atoms with E-state index >= 15 is 0 Å². The molecule has 0 aliphatic rings. The van der Waals surface area contributed by atoms with E-state index in [0.29, 0.717) is 5.89 Å². The molecule has 0 radical (unpaired) electrons. The normalized spacial score (nSPS) is 12.2. The summed E-state index contributed by atoms with van der Waals surface area (Å²) in [5, 5.41) is 12.0. The van der Waals surface area contributed by atoms with Crippen LogP contribution in [0.3, 0.4) is 0 Å². The number of nitrogens with zero attached hydrogens (tertiary/aromatic N) is 2. The number of aromatic nitrogens is 2. The Morgan fingerprint density at radius 3 is 1.77 bits per heavy atom. The number of fused-ring (bicyclic) bond motifs is 13. The molecule has 0 fully saturated rings. The SMILES string of the molecule is c1ccc(-c2nc3cccc(-c4ccc5c(c4)oc4c(-n6c7ccc8ccccc8c7c7c8ccccc8ccc76)cc6ccccc6c45)c3o2)cc1. The topological polar surface area (TPSA) is 44.1 Å². The van der Waals surface area contributed by atoms with Crippen molar-refractivity contribution in [2.75, 3.05) is 0 Å².